The van der Waals surface area contributed by atoms with E-state index in [4.69, 9.17) is 4.74 Å². The van der Waals surface area contributed by atoms with Crippen LogP contribution in [0.1, 0.15) is 22.2 Å². The number of rotatable bonds is 6. The van der Waals surface area contributed by atoms with E-state index < -0.39 is 10.8 Å². The Hall–Kier alpha value is -3.33. The van der Waals surface area contributed by atoms with Gasteiger partial charge >= 0.3 is 5.69 Å². The number of ether oxygens (including phenoxy) is 1. The van der Waals surface area contributed by atoms with Gasteiger partial charge in [-0.1, -0.05) is 0 Å². The van der Waals surface area contributed by atoms with Crippen LogP contribution in [0, 0.1) is 22.9 Å². The number of nitrogens with zero attached hydrogens (tertiary/aromatic N) is 2. The van der Waals surface area contributed by atoms with Crippen LogP contribution in [-0.4, -0.2) is 22.4 Å². The van der Waals surface area contributed by atoms with Crippen molar-refractivity contribution < 1.29 is 18.8 Å². The highest BCUT2D eigenvalue weighted by Gasteiger charge is 2.20. The Bertz CT molecular complexity index is 1030. The maximum atomic E-state index is 13.1. The van der Waals surface area contributed by atoms with Crippen molar-refractivity contribution in [3.8, 4) is 17.0 Å². The number of aromatic nitrogens is 1. The molecule has 28 heavy (non-hydrogen) atoms. The Kier molecular flexibility index (Phi) is 5.65. The molecule has 3 aromatic rings. The van der Waals surface area contributed by atoms with Gasteiger partial charge in [0.05, 0.1) is 17.2 Å². The van der Waals surface area contributed by atoms with E-state index in [0.717, 1.165) is 10.4 Å². The van der Waals surface area contributed by atoms with Crippen molar-refractivity contribution in [1.82, 2.24) is 4.98 Å². The first-order chi connectivity index (χ1) is 13.4. The molecule has 2 aromatic carbocycles. The fourth-order valence-electron chi connectivity index (χ4n) is 2.57. The highest BCUT2D eigenvalue weighted by Crippen LogP contribution is 2.32. The molecule has 0 aliphatic heterocycles. The van der Waals surface area contributed by atoms with E-state index in [1.807, 2.05) is 6.92 Å². The number of anilines is 1. The Morgan fingerprint density at radius 3 is 2.64 bits per heavy atom. The number of benzene rings is 2. The van der Waals surface area contributed by atoms with E-state index >= 15 is 0 Å². The van der Waals surface area contributed by atoms with Crippen molar-refractivity contribution in [1.29, 1.82) is 0 Å². The molecule has 1 aromatic heterocycles. The predicted molar refractivity (Wildman–Crippen MR) is 104 cm³/mol. The number of hydrogen-bond donors (Lipinski definition) is 1. The highest BCUT2D eigenvalue weighted by atomic mass is 32.1. The second kappa shape index (κ2) is 8.13. The number of carbonyl (C=O) groups excluding carboxylic acids is 1. The number of aryl methyl sites for hydroxylation is 1. The van der Waals surface area contributed by atoms with Crippen LogP contribution in [0.2, 0.25) is 0 Å². The first kappa shape index (κ1) is 19.4. The van der Waals surface area contributed by atoms with Crippen LogP contribution in [-0.2, 0) is 0 Å². The zero-order valence-electron chi connectivity index (χ0n) is 15.1. The maximum Gasteiger partial charge on any atom is 0.311 e. The maximum absolute atomic E-state index is 13.1. The van der Waals surface area contributed by atoms with Crippen molar-refractivity contribution in [3.05, 3.63) is 68.8 Å². The topological polar surface area (TPSA) is 94.4 Å². The fraction of sp³-hybridized carbons (Fsp3) is 0.158. The minimum Gasteiger partial charge on any atom is -0.487 e. The third kappa shape index (κ3) is 4.15. The molecule has 144 valence electrons. The Morgan fingerprint density at radius 1 is 1.29 bits per heavy atom. The summed E-state index contributed by atoms with van der Waals surface area (Å²) in [6.07, 6.45) is 0. The lowest BCUT2D eigenvalue weighted by Gasteiger charge is -2.06. The van der Waals surface area contributed by atoms with E-state index in [2.05, 4.69) is 10.3 Å². The van der Waals surface area contributed by atoms with Crippen LogP contribution in [0.4, 0.5) is 15.2 Å². The molecule has 3 rings (SSSR count). The number of amides is 1. The molecule has 1 N–H and O–H groups in total. The number of nitro benzene ring substituents is 1. The molecule has 0 aliphatic rings. The summed E-state index contributed by atoms with van der Waals surface area (Å²) in [6, 6.07) is 9.92. The molecule has 0 fully saturated rings. The number of nitro groups is 1. The van der Waals surface area contributed by atoms with E-state index in [1.165, 1.54) is 41.7 Å². The van der Waals surface area contributed by atoms with Gasteiger partial charge in [0.15, 0.2) is 10.9 Å². The third-order valence-electron chi connectivity index (χ3n) is 3.85. The van der Waals surface area contributed by atoms with Gasteiger partial charge in [0, 0.05) is 22.1 Å². The van der Waals surface area contributed by atoms with Crippen LogP contribution < -0.4 is 10.1 Å². The summed E-state index contributed by atoms with van der Waals surface area (Å²) < 4.78 is 18.3. The summed E-state index contributed by atoms with van der Waals surface area (Å²) in [7, 11) is 0. The van der Waals surface area contributed by atoms with E-state index in [9.17, 15) is 19.3 Å². The standard InChI is InChI=1S/C19H16FN3O4S/c1-3-27-16-9-6-13(10-15(16)23(25)26)18(24)22-19-21-17(11(2)28-19)12-4-7-14(20)8-5-12/h4-10H,3H2,1-2H3,(H,21,22,24). The number of thiazole rings is 1. The van der Waals surface area contributed by atoms with Gasteiger partial charge in [-0.2, -0.15) is 0 Å². The van der Waals surface area contributed by atoms with Crippen LogP contribution in [0.25, 0.3) is 11.3 Å². The minimum atomic E-state index is -0.595. The number of hydrogen-bond acceptors (Lipinski definition) is 6. The molecule has 0 atom stereocenters. The molecule has 7 nitrogen and oxygen atoms in total. The molecule has 0 bridgehead atoms. The van der Waals surface area contributed by atoms with Gasteiger partial charge in [-0.3, -0.25) is 20.2 Å². The summed E-state index contributed by atoms with van der Waals surface area (Å²) in [6.45, 7) is 3.83. The lowest BCUT2D eigenvalue weighted by Crippen LogP contribution is -2.12. The van der Waals surface area contributed by atoms with Crippen molar-refractivity contribution in [2.45, 2.75) is 13.8 Å². The molecule has 0 unspecified atom stereocenters. The lowest BCUT2D eigenvalue weighted by molar-refractivity contribution is -0.385. The van der Waals surface area contributed by atoms with Crippen LogP contribution in [0.3, 0.4) is 0 Å². The van der Waals surface area contributed by atoms with Gasteiger partial charge in [-0.25, -0.2) is 9.37 Å². The summed E-state index contributed by atoms with van der Waals surface area (Å²) in [5.41, 5.74) is 1.20. The number of halogens is 1. The molecule has 0 radical (unpaired) electrons. The number of nitrogens with one attached hydrogen (secondary N) is 1. The Labute approximate surface area is 164 Å². The van der Waals surface area contributed by atoms with Crippen molar-refractivity contribution in [2.24, 2.45) is 0 Å². The van der Waals surface area contributed by atoms with Crippen molar-refractivity contribution in [2.75, 3.05) is 11.9 Å². The number of carbonyl (C=O) groups is 1. The molecule has 0 spiro atoms. The molecule has 0 saturated carbocycles. The molecule has 1 amide bonds. The monoisotopic (exact) mass is 401 g/mol. The predicted octanol–water partition coefficient (Wildman–Crippen LogP) is 4.82. The summed E-state index contributed by atoms with van der Waals surface area (Å²) in [5.74, 6) is -0.763. The molecular formula is C19H16FN3O4S. The van der Waals surface area contributed by atoms with Crippen LogP contribution in [0.5, 0.6) is 5.75 Å². The van der Waals surface area contributed by atoms with Gasteiger partial charge in [0.2, 0.25) is 0 Å². The average Bonchev–Trinajstić information content (AvgIpc) is 3.02. The lowest BCUT2D eigenvalue weighted by atomic mass is 10.1. The van der Waals surface area contributed by atoms with E-state index in [-0.39, 0.29) is 29.4 Å². The molecule has 0 aliphatic carbocycles. The quantitative estimate of drug-likeness (QED) is 0.472. The smallest absolute Gasteiger partial charge is 0.311 e. The average molecular weight is 401 g/mol. The summed E-state index contributed by atoms with van der Waals surface area (Å²) >= 11 is 1.26. The van der Waals surface area contributed by atoms with Crippen LogP contribution >= 0.6 is 11.3 Å². The molecule has 9 heteroatoms. The zero-order chi connectivity index (χ0) is 20.3. The van der Waals surface area contributed by atoms with Crippen LogP contribution in [0.15, 0.2) is 42.5 Å². The Balaban J connectivity index is 1.83. The van der Waals surface area contributed by atoms with Gasteiger partial charge in [-0.05, 0) is 50.2 Å². The summed E-state index contributed by atoms with van der Waals surface area (Å²) in [4.78, 5) is 28.4. The fourth-order valence-corrected chi connectivity index (χ4v) is 3.40. The highest BCUT2D eigenvalue weighted by molar-refractivity contribution is 7.16. The van der Waals surface area contributed by atoms with E-state index in [0.29, 0.717) is 10.8 Å². The zero-order valence-corrected chi connectivity index (χ0v) is 15.9. The normalized spacial score (nSPS) is 10.5. The molecule has 0 saturated heterocycles. The van der Waals surface area contributed by atoms with Crippen molar-refractivity contribution >= 4 is 28.1 Å². The largest absolute Gasteiger partial charge is 0.487 e. The second-order valence-corrected chi connectivity index (χ2v) is 6.96. The van der Waals surface area contributed by atoms with E-state index in [1.54, 1.807) is 19.1 Å². The SMILES string of the molecule is CCOc1ccc(C(=O)Nc2nc(-c3ccc(F)cc3)c(C)s2)cc1[N+](=O)[O-]. The Morgan fingerprint density at radius 2 is 2.00 bits per heavy atom. The van der Waals surface area contributed by atoms with Gasteiger partial charge in [0.1, 0.15) is 5.82 Å². The van der Waals surface area contributed by atoms with Gasteiger partial charge in [0.25, 0.3) is 5.91 Å². The van der Waals surface area contributed by atoms with Crippen molar-refractivity contribution in [3.63, 3.8) is 0 Å². The van der Waals surface area contributed by atoms with Gasteiger partial charge in [-0.15, -0.1) is 11.3 Å². The first-order valence-corrected chi connectivity index (χ1v) is 9.16. The minimum absolute atomic E-state index is 0.104. The third-order valence-corrected chi connectivity index (χ3v) is 4.74. The first-order valence-electron chi connectivity index (χ1n) is 8.35. The molecule has 1 heterocycles. The second-order valence-electron chi connectivity index (χ2n) is 5.76. The molecular weight excluding hydrogens is 385 g/mol. The summed E-state index contributed by atoms with van der Waals surface area (Å²) in [5, 5.41) is 14.2. The van der Waals surface area contributed by atoms with Gasteiger partial charge < -0.3 is 4.74 Å².